The minimum atomic E-state index is -0.606. The van der Waals surface area contributed by atoms with Crippen molar-refractivity contribution < 1.29 is 14.8 Å². The van der Waals surface area contributed by atoms with Crippen LogP contribution in [0.4, 0.5) is 5.69 Å². The van der Waals surface area contributed by atoms with Crippen molar-refractivity contribution in [3.8, 4) is 5.75 Å². The average Bonchev–Trinajstić information content (AvgIpc) is 2.44. The molecule has 0 aliphatic rings. The summed E-state index contributed by atoms with van der Waals surface area (Å²) in [6.07, 6.45) is 0. The Morgan fingerprint density at radius 2 is 2.10 bits per heavy atom. The summed E-state index contributed by atoms with van der Waals surface area (Å²) in [6.45, 7) is -0.332. The van der Waals surface area contributed by atoms with Crippen molar-refractivity contribution in [2.75, 3.05) is 7.11 Å². The maximum atomic E-state index is 12.2. The largest absolute Gasteiger partial charge is 0.490 e. The molecule has 1 aromatic heterocycles. The molecule has 7 nitrogen and oxygen atoms in total. The first-order valence-corrected chi connectivity index (χ1v) is 6.36. The van der Waals surface area contributed by atoms with Crippen LogP contribution in [-0.4, -0.2) is 21.7 Å². The molecule has 106 valence electrons. The quantitative estimate of drug-likeness (QED) is 0.676. The summed E-state index contributed by atoms with van der Waals surface area (Å²) in [7, 11) is 2.81. The third kappa shape index (κ3) is 2.06. The van der Waals surface area contributed by atoms with Crippen molar-refractivity contribution in [3.63, 3.8) is 0 Å². The van der Waals surface area contributed by atoms with E-state index in [1.54, 1.807) is 0 Å². The maximum Gasteiger partial charge on any atom is 0.311 e. The second kappa shape index (κ2) is 5.22. The van der Waals surface area contributed by atoms with Crippen LogP contribution in [0.1, 0.15) is 5.69 Å². The topological polar surface area (TPSA) is 94.6 Å². The highest BCUT2D eigenvalue weighted by molar-refractivity contribution is 9.10. The minimum Gasteiger partial charge on any atom is -0.490 e. The fourth-order valence-electron chi connectivity index (χ4n) is 2.01. The van der Waals surface area contributed by atoms with Gasteiger partial charge in [0, 0.05) is 23.0 Å². The van der Waals surface area contributed by atoms with Gasteiger partial charge in [-0.15, -0.1) is 0 Å². The van der Waals surface area contributed by atoms with Gasteiger partial charge < -0.3 is 14.4 Å². The van der Waals surface area contributed by atoms with Crippen LogP contribution in [0, 0.1) is 10.1 Å². The Morgan fingerprint density at radius 3 is 2.60 bits per heavy atom. The van der Waals surface area contributed by atoms with Gasteiger partial charge in [-0.3, -0.25) is 14.9 Å². The summed E-state index contributed by atoms with van der Waals surface area (Å²) in [5.74, 6) is 0.0559. The predicted molar refractivity (Wildman–Crippen MR) is 76.0 cm³/mol. The van der Waals surface area contributed by atoms with Crippen molar-refractivity contribution in [3.05, 3.63) is 42.8 Å². The van der Waals surface area contributed by atoms with Crippen LogP contribution in [0.15, 0.2) is 21.4 Å². The Balaban J connectivity index is 3.00. The third-order valence-electron chi connectivity index (χ3n) is 3.10. The molecule has 0 bridgehead atoms. The lowest BCUT2D eigenvalue weighted by molar-refractivity contribution is -0.385. The molecule has 0 aliphatic heterocycles. The Bertz CT molecular complexity index is 769. The van der Waals surface area contributed by atoms with E-state index in [4.69, 9.17) is 4.74 Å². The van der Waals surface area contributed by atoms with Gasteiger partial charge in [0.1, 0.15) is 0 Å². The summed E-state index contributed by atoms with van der Waals surface area (Å²) in [4.78, 5) is 22.6. The number of fused-ring (bicyclic) bond motifs is 1. The smallest absolute Gasteiger partial charge is 0.311 e. The van der Waals surface area contributed by atoms with Crippen molar-refractivity contribution in [2.24, 2.45) is 7.05 Å². The number of hydrogen-bond acceptors (Lipinski definition) is 5. The van der Waals surface area contributed by atoms with Crippen LogP contribution in [-0.2, 0) is 13.7 Å². The molecule has 0 saturated carbocycles. The number of aliphatic hydroxyl groups excluding tert-OH is 1. The monoisotopic (exact) mass is 342 g/mol. The molecule has 0 fully saturated rings. The van der Waals surface area contributed by atoms with E-state index >= 15 is 0 Å². The molecule has 2 aromatic rings. The molecule has 0 atom stereocenters. The summed E-state index contributed by atoms with van der Waals surface area (Å²) in [5, 5.41) is 21.0. The van der Waals surface area contributed by atoms with Crippen molar-refractivity contribution >= 4 is 32.4 Å². The first kappa shape index (κ1) is 14.5. The number of aliphatic hydroxyl groups is 1. The zero-order chi connectivity index (χ0) is 15.0. The normalized spacial score (nSPS) is 10.8. The number of aromatic nitrogens is 1. The molecule has 1 aromatic carbocycles. The Morgan fingerprint density at radius 1 is 1.45 bits per heavy atom. The van der Waals surface area contributed by atoms with E-state index in [9.17, 15) is 20.0 Å². The molecule has 1 heterocycles. The Hall–Kier alpha value is -1.93. The Kier molecular flexibility index (Phi) is 3.78. The number of rotatable bonds is 3. The van der Waals surface area contributed by atoms with Crippen molar-refractivity contribution in [1.82, 2.24) is 4.57 Å². The second-order valence-electron chi connectivity index (χ2n) is 4.11. The number of ether oxygens (including phenoxy) is 1. The van der Waals surface area contributed by atoms with Gasteiger partial charge >= 0.3 is 5.69 Å². The average molecular weight is 343 g/mol. The first-order valence-electron chi connectivity index (χ1n) is 5.56. The molecule has 0 radical (unpaired) electrons. The lowest BCUT2D eigenvalue weighted by Crippen LogP contribution is -2.21. The number of nitro groups is 1. The van der Waals surface area contributed by atoms with Crippen LogP contribution in [0.2, 0.25) is 0 Å². The van der Waals surface area contributed by atoms with Gasteiger partial charge in [0.05, 0.1) is 29.7 Å². The number of nitro benzene ring substituents is 1. The van der Waals surface area contributed by atoms with Gasteiger partial charge in [0.15, 0.2) is 5.75 Å². The number of pyridine rings is 1. The summed E-state index contributed by atoms with van der Waals surface area (Å²) < 4.78 is 6.74. The highest BCUT2D eigenvalue weighted by atomic mass is 79.9. The molecular formula is C12H11BrN2O5. The van der Waals surface area contributed by atoms with Gasteiger partial charge in [-0.2, -0.15) is 0 Å². The number of methoxy groups -OCH3 is 1. The minimum absolute atomic E-state index is 0.0559. The highest BCUT2D eigenvalue weighted by Crippen LogP contribution is 2.35. The molecule has 8 heteroatoms. The standard InChI is InChI=1S/C12H11BrN2O5/c1-14-9(5-16)11(13)6-4-10(20-2)8(15(18)19)3-7(6)12(14)17/h3-4,16H,5H2,1-2H3. The molecule has 0 unspecified atom stereocenters. The van der Waals surface area contributed by atoms with E-state index in [0.29, 0.717) is 15.6 Å². The number of benzene rings is 1. The molecule has 0 aliphatic carbocycles. The molecule has 20 heavy (non-hydrogen) atoms. The fraction of sp³-hybridized carbons (Fsp3) is 0.250. The molecule has 0 saturated heterocycles. The van der Waals surface area contributed by atoms with Gasteiger partial charge in [-0.05, 0) is 22.0 Å². The van der Waals surface area contributed by atoms with Crippen LogP contribution in [0.3, 0.4) is 0 Å². The highest BCUT2D eigenvalue weighted by Gasteiger charge is 2.21. The summed E-state index contributed by atoms with van der Waals surface area (Å²) in [5.41, 5.74) is -0.308. The van der Waals surface area contributed by atoms with Gasteiger partial charge in [-0.1, -0.05) is 0 Å². The molecule has 1 N–H and O–H groups in total. The van der Waals surface area contributed by atoms with E-state index in [-0.39, 0.29) is 23.4 Å². The first-order chi connectivity index (χ1) is 9.42. The van der Waals surface area contributed by atoms with Gasteiger partial charge in [0.2, 0.25) is 0 Å². The lowest BCUT2D eigenvalue weighted by atomic mass is 10.1. The van der Waals surface area contributed by atoms with Gasteiger partial charge in [0.25, 0.3) is 5.56 Å². The third-order valence-corrected chi connectivity index (χ3v) is 3.98. The van der Waals surface area contributed by atoms with E-state index in [2.05, 4.69) is 15.9 Å². The van der Waals surface area contributed by atoms with E-state index < -0.39 is 10.5 Å². The summed E-state index contributed by atoms with van der Waals surface area (Å²) in [6, 6.07) is 2.60. The van der Waals surface area contributed by atoms with E-state index in [0.717, 1.165) is 0 Å². The van der Waals surface area contributed by atoms with Crippen LogP contribution in [0.5, 0.6) is 5.75 Å². The van der Waals surface area contributed by atoms with Crippen molar-refractivity contribution in [1.29, 1.82) is 0 Å². The zero-order valence-electron chi connectivity index (χ0n) is 10.7. The van der Waals surface area contributed by atoms with Crippen LogP contribution < -0.4 is 10.3 Å². The SMILES string of the molecule is COc1cc2c(Br)c(CO)n(C)c(=O)c2cc1[N+](=O)[O-]. The number of nitrogens with zero attached hydrogens (tertiary/aromatic N) is 2. The van der Waals surface area contributed by atoms with E-state index in [1.165, 1.54) is 30.9 Å². The lowest BCUT2D eigenvalue weighted by Gasteiger charge is -2.12. The number of hydrogen-bond donors (Lipinski definition) is 1. The van der Waals surface area contributed by atoms with E-state index in [1.807, 2.05) is 0 Å². The van der Waals surface area contributed by atoms with Crippen molar-refractivity contribution in [2.45, 2.75) is 6.61 Å². The predicted octanol–water partition coefficient (Wildman–Crippen LogP) is 1.71. The van der Waals surface area contributed by atoms with Crippen LogP contribution >= 0.6 is 15.9 Å². The molecular weight excluding hydrogens is 332 g/mol. The summed E-state index contributed by atoms with van der Waals surface area (Å²) >= 11 is 3.31. The molecule has 0 spiro atoms. The molecule has 0 amide bonds. The van der Waals surface area contributed by atoms with Gasteiger partial charge in [-0.25, -0.2) is 0 Å². The Labute approximate surface area is 121 Å². The molecule has 2 rings (SSSR count). The zero-order valence-corrected chi connectivity index (χ0v) is 12.3. The van der Waals surface area contributed by atoms with Crippen LogP contribution in [0.25, 0.3) is 10.8 Å². The maximum absolute atomic E-state index is 12.2. The fourth-order valence-corrected chi connectivity index (χ4v) is 2.73. The second-order valence-corrected chi connectivity index (χ2v) is 4.90. The number of halogens is 1.